The quantitative estimate of drug-likeness (QED) is 0.570. The fourth-order valence-electron chi connectivity index (χ4n) is 2.97. The summed E-state index contributed by atoms with van der Waals surface area (Å²) in [5.74, 6) is 1.17. The highest BCUT2D eigenvalue weighted by molar-refractivity contribution is 5.84. The van der Waals surface area contributed by atoms with Crippen LogP contribution in [0.2, 0.25) is 0 Å². The molecule has 4 heteroatoms. The summed E-state index contributed by atoms with van der Waals surface area (Å²) < 4.78 is 7.88. The van der Waals surface area contributed by atoms with Crippen LogP contribution in [0.5, 0.6) is 5.75 Å². The Labute approximate surface area is 154 Å². The maximum absolute atomic E-state index is 11.6. The predicted molar refractivity (Wildman–Crippen MR) is 103 cm³/mol. The lowest BCUT2D eigenvalue weighted by atomic mass is 10.0. The molecule has 1 aromatic heterocycles. The SMILES string of the molecule is Cc1cc(-c2cnn(CC(C)C)c2)cc(C=O)c1OCc1ccccc1. The summed E-state index contributed by atoms with van der Waals surface area (Å²) in [4.78, 5) is 11.6. The van der Waals surface area contributed by atoms with Gasteiger partial charge in [-0.25, -0.2) is 0 Å². The van der Waals surface area contributed by atoms with Crippen LogP contribution in [0.15, 0.2) is 54.9 Å². The summed E-state index contributed by atoms with van der Waals surface area (Å²) in [5, 5.41) is 4.41. The number of carbonyl (C=O) groups is 1. The van der Waals surface area contributed by atoms with Gasteiger partial charge in [-0.15, -0.1) is 0 Å². The van der Waals surface area contributed by atoms with E-state index in [0.29, 0.717) is 23.8 Å². The Morgan fingerprint density at radius 2 is 1.92 bits per heavy atom. The maximum Gasteiger partial charge on any atom is 0.153 e. The molecule has 0 radical (unpaired) electrons. The van der Waals surface area contributed by atoms with Gasteiger partial charge < -0.3 is 4.74 Å². The minimum Gasteiger partial charge on any atom is -0.488 e. The molecule has 0 saturated heterocycles. The summed E-state index contributed by atoms with van der Waals surface area (Å²) in [6, 6.07) is 13.9. The molecule has 1 heterocycles. The molecular weight excluding hydrogens is 324 g/mol. The molecule has 134 valence electrons. The third-order valence-corrected chi connectivity index (χ3v) is 4.18. The molecule has 0 aliphatic heterocycles. The highest BCUT2D eigenvalue weighted by Crippen LogP contribution is 2.30. The van der Waals surface area contributed by atoms with Crippen molar-refractivity contribution < 1.29 is 9.53 Å². The molecule has 3 rings (SSSR count). The Morgan fingerprint density at radius 1 is 1.15 bits per heavy atom. The fraction of sp³-hybridized carbons (Fsp3) is 0.273. The lowest BCUT2D eigenvalue weighted by Gasteiger charge is -2.13. The normalized spacial score (nSPS) is 10.9. The van der Waals surface area contributed by atoms with Gasteiger partial charge >= 0.3 is 0 Å². The van der Waals surface area contributed by atoms with E-state index in [1.807, 2.05) is 66.5 Å². The van der Waals surface area contributed by atoms with Crippen molar-refractivity contribution in [2.24, 2.45) is 5.92 Å². The smallest absolute Gasteiger partial charge is 0.153 e. The second kappa shape index (κ2) is 8.00. The van der Waals surface area contributed by atoms with Gasteiger partial charge in [-0.05, 0) is 41.7 Å². The van der Waals surface area contributed by atoms with Crippen LogP contribution in [-0.4, -0.2) is 16.1 Å². The van der Waals surface area contributed by atoms with Gasteiger partial charge in [0, 0.05) is 18.3 Å². The summed E-state index contributed by atoms with van der Waals surface area (Å²) in [7, 11) is 0. The van der Waals surface area contributed by atoms with Crippen LogP contribution < -0.4 is 4.74 Å². The Balaban J connectivity index is 1.85. The minimum atomic E-state index is 0.439. The molecular formula is C22H24N2O2. The second-order valence-electron chi connectivity index (χ2n) is 6.95. The zero-order valence-electron chi connectivity index (χ0n) is 15.5. The van der Waals surface area contributed by atoms with Crippen molar-refractivity contribution in [1.82, 2.24) is 9.78 Å². The molecule has 0 amide bonds. The zero-order valence-corrected chi connectivity index (χ0v) is 15.5. The lowest BCUT2D eigenvalue weighted by molar-refractivity contribution is 0.111. The van der Waals surface area contributed by atoms with Crippen LogP contribution >= 0.6 is 0 Å². The first-order chi connectivity index (χ1) is 12.6. The van der Waals surface area contributed by atoms with E-state index in [4.69, 9.17) is 4.74 Å². The first-order valence-corrected chi connectivity index (χ1v) is 8.86. The highest BCUT2D eigenvalue weighted by Gasteiger charge is 2.12. The first-order valence-electron chi connectivity index (χ1n) is 8.86. The van der Waals surface area contributed by atoms with Crippen LogP contribution in [0, 0.1) is 12.8 Å². The van der Waals surface area contributed by atoms with E-state index < -0.39 is 0 Å². The van der Waals surface area contributed by atoms with E-state index >= 15 is 0 Å². The average Bonchev–Trinajstić information content (AvgIpc) is 3.08. The van der Waals surface area contributed by atoms with Crippen molar-refractivity contribution in [2.75, 3.05) is 0 Å². The van der Waals surface area contributed by atoms with Gasteiger partial charge in [-0.2, -0.15) is 5.10 Å². The number of rotatable bonds is 7. The number of carbonyl (C=O) groups excluding carboxylic acids is 1. The molecule has 0 aliphatic rings. The summed E-state index contributed by atoms with van der Waals surface area (Å²) in [6.45, 7) is 7.60. The van der Waals surface area contributed by atoms with Crippen molar-refractivity contribution in [1.29, 1.82) is 0 Å². The Kier molecular flexibility index (Phi) is 5.52. The van der Waals surface area contributed by atoms with Gasteiger partial charge in [0.25, 0.3) is 0 Å². The monoisotopic (exact) mass is 348 g/mol. The molecule has 0 N–H and O–H groups in total. The van der Waals surface area contributed by atoms with E-state index in [0.717, 1.165) is 35.1 Å². The molecule has 4 nitrogen and oxygen atoms in total. The number of hydrogen-bond acceptors (Lipinski definition) is 3. The van der Waals surface area contributed by atoms with E-state index in [1.54, 1.807) is 0 Å². The van der Waals surface area contributed by atoms with Crippen molar-refractivity contribution in [3.05, 3.63) is 71.5 Å². The molecule has 0 saturated carbocycles. The molecule has 0 bridgehead atoms. The van der Waals surface area contributed by atoms with Crippen LogP contribution in [0.25, 0.3) is 11.1 Å². The Morgan fingerprint density at radius 3 is 2.62 bits per heavy atom. The van der Waals surface area contributed by atoms with Crippen molar-refractivity contribution in [3.63, 3.8) is 0 Å². The van der Waals surface area contributed by atoms with E-state index in [-0.39, 0.29) is 0 Å². The Bertz CT molecular complexity index is 882. The van der Waals surface area contributed by atoms with Gasteiger partial charge in [0.1, 0.15) is 12.4 Å². The lowest BCUT2D eigenvalue weighted by Crippen LogP contribution is -2.04. The van der Waals surface area contributed by atoms with E-state index in [1.165, 1.54) is 0 Å². The minimum absolute atomic E-state index is 0.439. The summed E-state index contributed by atoms with van der Waals surface area (Å²) >= 11 is 0. The summed E-state index contributed by atoms with van der Waals surface area (Å²) in [5.41, 5.74) is 4.56. The molecule has 0 unspecified atom stereocenters. The van der Waals surface area contributed by atoms with Crippen LogP contribution in [0.3, 0.4) is 0 Å². The largest absolute Gasteiger partial charge is 0.488 e. The highest BCUT2D eigenvalue weighted by atomic mass is 16.5. The van der Waals surface area contributed by atoms with Crippen LogP contribution in [-0.2, 0) is 13.2 Å². The molecule has 0 atom stereocenters. The van der Waals surface area contributed by atoms with Gasteiger partial charge in [0.15, 0.2) is 6.29 Å². The van der Waals surface area contributed by atoms with Gasteiger partial charge in [0.05, 0.1) is 11.8 Å². The maximum atomic E-state index is 11.6. The van der Waals surface area contributed by atoms with Gasteiger partial charge in [-0.1, -0.05) is 44.2 Å². The molecule has 0 aliphatic carbocycles. The molecule has 0 fully saturated rings. The van der Waals surface area contributed by atoms with Crippen molar-refractivity contribution >= 4 is 6.29 Å². The van der Waals surface area contributed by atoms with Crippen molar-refractivity contribution in [2.45, 2.75) is 33.9 Å². The van der Waals surface area contributed by atoms with Crippen LogP contribution in [0.4, 0.5) is 0 Å². The molecule has 2 aromatic carbocycles. The molecule has 26 heavy (non-hydrogen) atoms. The predicted octanol–water partition coefficient (Wildman–Crippen LogP) is 4.91. The average molecular weight is 348 g/mol. The topological polar surface area (TPSA) is 44.1 Å². The molecule has 3 aromatic rings. The summed E-state index contributed by atoms with van der Waals surface area (Å²) in [6.07, 6.45) is 4.72. The second-order valence-corrected chi connectivity index (χ2v) is 6.95. The molecule has 0 spiro atoms. The zero-order chi connectivity index (χ0) is 18.5. The number of hydrogen-bond donors (Lipinski definition) is 0. The number of ether oxygens (including phenoxy) is 1. The van der Waals surface area contributed by atoms with Crippen LogP contribution in [0.1, 0.15) is 35.3 Å². The van der Waals surface area contributed by atoms with E-state index in [2.05, 4.69) is 18.9 Å². The van der Waals surface area contributed by atoms with Crippen molar-refractivity contribution in [3.8, 4) is 16.9 Å². The van der Waals surface area contributed by atoms with Gasteiger partial charge in [-0.3, -0.25) is 9.48 Å². The Hall–Kier alpha value is -2.88. The number of nitrogens with zero attached hydrogens (tertiary/aromatic N) is 2. The number of benzene rings is 2. The third kappa shape index (κ3) is 4.20. The van der Waals surface area contributed by atoms with Gasteiger partial charge in [0.2, 0.25) is 0 Å². The number of aldehydes is 1. The first kappa shape index (κ1) is 17.9. The fourth-order valence-corrected chi connectivity index (χ4v) is 2.97. The standard InChI is InChI=1S/C22H24N2O2/c1-16(2)12-24-13-21(11-23-24)19-9-17(3)22(20(10-19)14-25)26-15-18-7-5-4-6-8-18/h4-11,13-14,16H,12,15H2,1-3H3. The number of aromatic nitrogens is 2. The third-order valence-electron chi connectivity index (χ3n) is 4.18. The van der Waals surface area contributed by atoms with E-state index in [9.17, 15) is 4.79 Å². The number of aryl methyl sites for hydroxylation is 1.